The SMILES string of the molecule is CC(NCc1cnc2ccccn12)c1ccccn1. The van der Waals surface area contributed by atoms with Gasteiger partial charge < -0.3 is 9.72 Å². The van der Waals surface area contributed by atoms with Crippen molar-refractivity contribution in [1.82, 2.24) is 19.7 Å². The van der Waals surface area contributed by atoms with Crippen LogP contribution in [-0.4, -0.2) is 14.4 Å². The molecule has 0 saturated heterocycles. The first kappa shape index (κ1) is 11.9. The van der Waals surface area contributed by atoms with Gasteiger partial charge in [-0.25, -0.2) is 4.98 Å². The van der Waals surface area contributed by atoms with Crippen LogP contribution in [0.2, 0.25) is 0 Å². The molecule has 0 radical (unpaired) electrons. The van der Waals surface area contributed by atoms with Gasteiger partial charge in [-0.15, -0.1) is 0 Å². The number of aromatic nitrogens is 3. The molecule has 0 fully saturated rings. The number of fused-ring (bicyclic) bond motifs is 1. The third kappa shape index (κ3) is 2.48. The molecule has 3 heterocycles. The van der Waals surface area contributed by atoms with Crippen molar-refractivity contribution in [2.45, 2.75) is 19.5 Å². The molecule has 3 rings (SSSR count). The predicted octanol–water partition coefficient (Wildman–Crippen LogP) is 2.58. The Morgan fingerprint density at radius 3 is 2.89 bits per heavy atom. The van der Waals surface area contributed by atoms with E-state index >= 15 is 0 Å². The van der Waals surface area contributed by atoms with Gasteiger partial charge in [0.2, 0.25) is 0 Å². The number of nitrogens with zero attached hydrogens (tertiary/aromatic N) is 3. The zero-order valence-corrected chi connectivity index (χ0v) is 10.8. The third-order valence-electron chi connectivity index (χ3n) is 3.21. The summed E-state index contributed by atoms with van der Waals surface area (Å²) >= 11 is 0. The number of imidazole rings is 1. The normalized spacial score (nSPS) is 12.7. The Morgan fingerprint density at radius 2 is 2.05 bits per heavy atom. The molecule has 1 atom stereocenters. The van der Waals surface area contributed by atoms with Crippen molar-refractivity contribution < 1.29 is 0 Å². The molecule has 0 aliphatic rings. The molecule has 96 valence electrons. The van der Waals surface area contributed by atoms with Gasteiger partial charge in [0.25, 0.3) is 0 Å². The minimum absolute atomic E-state index is 0.218. The molecule has 0 aliphatic heterocycles. The Bertz CT molecular complexity index is 660. The molecule has 0 bridgehead atoms. The minimum Gasteiger partial charge on any atom is -0.303 e. The van der Waals surface area contributed by atoms with Crippen LogP contribution in [-0.2, 0) is 6.54 Å². The summed E-state index contributed by atoms with van der Waals surface area (Å²) in [7, 11) is 0. The van der Waals surface area contributed by atoms with Gasteiger partial charge >= 0.3 is 0 Å². The van der Waals surface area contributed by atoms with Gasteiger partial charge in [0.15, 0.2) is 0 Å². The van der Waals surface area contributed by atoms with Gasteiger partial charge in [-0.2, -0.15) is 0 Å². The fraction of sp³-hybridized carbons (Fsp3) is 0.200. The molecular formula is C15H16N4. The van der Waals surface area contributed by atoms with Crippen LogP contribution in [0.3, 0.4) is 0 Å². The van der Waals surface area contributed by atoms with Gasteiger partial charge in [0, 0.05) is 25.0 Å². The van der Waals surface area contributed by atoms with Crippen LogP contribution >= 0.6 is 0 Å². The lowest BCUT2D eigenvalue weighted by Gasteiger charge is -2.12. The van der Waals surface area contributed by atoms with E-state index in [1.807, 2.05) is 55.0 Å². The van der Waals surface area contributed by atoms with Crippen LogP contribution < -0.4 is 5.32 Å². The second kappa shape index (κ2) is 5.20. The predicted molar refractivity (Wildman–Crippen MR) is 74.7 cm³/mol. The minimum atomic E-state index is 0.218. The Labute approximate surface area is 112 Å². The molecule has 3 aromatic rings. The molecule has 0 amide bonds. The Balaban J connectivity index is 1.73. The summed E-state index contributed by atoms with van der Waals surface area (Å²) in [5.41, 5.74) is 3.18. The zero-order chi connectivity index (χ0) is 13.1. The molecular weight excluding hydrogens is 236 g/mol. The van der Waals surface area contributed by atoms with E-state index in [4.69, 9.17) is 0 Å². The molecule has 1 unspecified atom stereocenters. The third-order valence-corrected chi connectivity index (χ3v) is 3.21. The van der Waals surface area contributed by atoms with Crippen molar-refractivity contribution in [3.8, 4) is 0 Å². The van der Waals surface area contributed by atoms with Crippen LogP contribution in [0.1, 0.15) is 24.4 Å². The monoisotopic (exact) mass is 252 g/mol. The molecule has 19 heavy (non-hydrogen) atoms. The van der Waals surface area contributed by atoms with Crippen LogP contribution in [0.25, 0.3) is 5.65 Å². The molecule has 0 aliphatic carbocycles. The lowest BCUT2D eigenvalue weighted by atomic mass is 10.2. The molecule has 0 spiro atoms. The summed E-state index contributed by atoms with van der Waals surface area (Å²) in [6.07, 6.45) is 5.76. The molecule has 0 aromatic carbocycles. The highest BCUT2D eigenvalue weighted by molar-refractivity contribution is 5.39. The van der Waals surface area contributed by atoms with Crippen LogP contribution in [0.5, 0.6) is 0 Å². The number of rotatable bonds is 4. The van der Waals surface area contributed by atoms with E-state index in [1.165, 1.54) is 0 Å². The van der Waals surface area contributed by atoms with Gasteiger partial charge in [0.05, 0.1) is 17.6 Å². The second-order valence-corrected chi connectivity index (χ2v) is 4.54. The first-order valence-electron chi connectivity index (χ1n) is 6.40. The highest BCUT2D eigenvalue weighted by atomic mass is 15.0. The van der Waals surface area contributed by atoms with E-state index in [2.05, 4.69) is 26.6 Å². The highest BCUT2D eigenvalue weighted by Crippen LogP contribution is 2.11. The molecule has 4 nitrogen and oxygen atoms in total. The van der Waals surface area contributed by atoms with Crippen LogP contribution in [0.15, 0.2) is 55.0 Å². The number of nitrogens with one attached hydrogen (secondary N) is 1. The molecule has 4 heteroatoms. The second-order valence-electron chi connectivity index (χ2n) is 4.54. The topological polar surface area (TPSA) is 42.2 Å². The number of pyridine rings is 2. The van der Waals surface area contributed by atoms with E-state index < -0.39 is 0 Å². The van der Waals surface area contributed by atoms with E-state index in [-0.39, 0.29) is 6.04 Å². The summed E-state index contributed by atoms with van der Waals surface area (Å²) in [5.74, 6) is 0. The maximum Gasteiger partial charge on any atom is 0.136 e. The van der Waals surface area contributed by atoms with Gasteiger partial charge in [0.1, 0.15) is 5.65 Å². The van der Waals surface area contributed by atoms with Crippen molar-refractivity contribution in [2.75, 3.05) is 0 Å². The van der Waals surface area contributed by atoms with Gasteiger partial charge in [-0.3, -0.25) is 4.98 Å². The maximum absolute atomic E-state index is 4.38. The summed E-state index contributed by atoms with van der Waals surface area (Å²) in [4.78, 5) is 8.73. The van der Waals surface area contributed by atoms with E-state index in [0.717, 1.165) is 23.6 Å². The van der Waals surface area contributed by atoms with Crippen molar-refractivity contribution >= 4 is 5.65 Å². The quantitative estimate of drug-likeness (QED) is 0.776. The summed E-state index contributed by atoms with van der Waals surface area (Å²) in [6, 6.07) is 12.2. The standard InChI is InChI=1S/C15H16N4/c1-12(14-6-2-4-8-16-14)17-10-13-11-18-15-7-3-5-9-19(13)15/h2-9,11-12,17H,10H2,1H3. The highest BCUT2D eigenvalue weighted by Gasteiger charge is 2.07. The zero-order valence-electron chi connectivity index (χ0n) is 10.8. The first-order chi connectivity index (χ1) is 9.34. The first-order valence-corrected chi connectivity index (χ1v) is 6.40. The van der Waals surface area contributed by atoms with Gasteiger partial charge in [-0.05, 0) is 31.2 Å². The lowest BCUT2D eigenvalue weighted by Crippen LogP contribution is -2.19. The van der Waals surface area contributed by atoms with Gasteiger partial charge in [-0.1, -0.05) is 12.1 Å². The molecule has 0 saturated carbocycles. The summed E-state index contributed by atoms with van der Waals surface area (Å²) in [6.45, 7) is 2.88. The maximum atomic E-state index is 4.38. The molecule has 3 aromatic heterocycles. The van der Waals surface area contributed by atoms with E-state index in [1.54, 1.807) is 0 Å². The largest absolute Gasteiger partial charge is 0.303 e. The van der Waals surface area contributed by atoms with E-state index in [0.29, 0.717) is 0 Å². The average molecular weight is 252 g/mol. The fourth-order valence-electron chi connectivity index (χ4n) is 2.11. The van der Waals surface area contributed by atoms with Crippen molar-refractivity contribution in [1.29, 1.82) is 0 Å². The lowest BCUT2D eigenvalue weighted by molar-refractivity contribution is 0.553. The number of hydrogen-bond donors (Lipinski definition) is 1. The Kier molecular flexibility index (Phi) is 3.25. The van der Waals surface area contributed by atoms with Crippen molar-refractivity contribution in [2.24, 2.45) is 0 Å². The summed E-state index contributed by atoms with van der Waals surface area (Å²) < 4.78 is 2.10. The Hall–Kier alpha value is -2.20. The smallest absolute Gasteiger partial charge is 0.136 e. The number of hydrogen-bond acceptors (Lipinski definition) is 3. The fourth-order valence-corrected chi connectivity index (χ4v) is 2.11. The summed E-state index contributed by atoms with van der Waals surface area (Å²) in [5, 5.41) is 3.47. The Morgan fingerprint density at radius 1 is 1.16 bits per heavy atom. The van der Waals surface area contributed by atoms with Crippen LogP contribution in [0.4, 0.5) is 0 Å². The van der Waals surface area contributed by atoms with Crippen LogP contribution in [0, 0.1) is 0 Å². The van der Waals surface area contributed by atoms with E-state index in [9.17, 15) is 0 Å². The molecule has 1 N–H and O–H groups in total. The average Bonchev–Trinajstić information content (AvgIpc) is 2.89. The van der Waals surface area contributed by atoms with Crippen molar-refractivity contribution in [3.63, 3.8) is 0 Å². The van der Waals surface area contributed by atoms with Crippen molar-refractivity contribution in [3.05, 3.63) is 66.4 Å².